The zero-order valence-corrected chi connectivity index (χ0v) is 14.1. The quantitative estimate of drug-likeness (QED) is 0.919. The van der Waals surface area contributed by atoms with Crippen molar-refractivity contribution in [2.24, 2.45) is 0 Å². The van der Waals surface area contributed by atoms with Crippen molar-refractivity contribution in [3.8, 4) is 0 Å². The summed E-state index contributed by atoms with van der Waals surface area (Å²) in [6.45, 7) is 3.71. The highest BCUT2D eigenvalue weighted by Crippen LogP contribution is 2.22. The SMILES string of the molecule is C[S@@](=O)c1ccc(NC(=O)N2CC[C@H](N3CCCC3)C2)cc1F. The molecule has 2 atom stereocenters. The van der Waals surface area contributed by atoms with E-state index < -0.39 is 16.6 Å². The molecule has 2 amide bonds. The molecule has 0 saturated carbocycles. The lowest BCUT2D eigenvalue weighted by Gasteiger charge is -2.23. The lowest BCUT2D eigenvalue weighted by atomic mass is 10.2. The molecule has 1 aromatic carbocycles. The Balaban J connectivity index is 1.59. The summed E-state index contributed by atoms with van der Waals surface area (Å²) in [5.74, 6) is -0.556. The van der Waals surface area contributed by atoms with Crippen molar-refractivity contribution in [2.75, 3.05) is 37.8 Å². The predicted octanol–water partition coefficient (Wildman–Crippen LogP) is 2.27. The molecule has 126 valence electrons. The number of likely N-dealkylation sites (tertiary alicyclic amines) is 2. The topological polar surface area (TPSA) is 52.7 Å². The molecule has 0 unspecified atom stereocenters. The van der Waals surface area contributed by atoms with Crippen LogP contribution in [0.15, 0.2) is 23.1 Å². The van der Waals surface area contributed by atoms with E-state index in [0.717, 1.165) is 32.6 Å². The average Bonchev–Trinajstić information content (AvgIpc) is 3.18. The van der Waals surface area contributed by atoms with Crippen LogP contribution >= 0.6 is 0 Å². The molecule has 2 heterocycles. The lowest BCUT2D eigenvalue weighted by Crippen LogP contribution is -2.38. The third kappa shape index (κ3) is 3.72. The first-order valence-corrected chi connectivity index (χ1v) is 9.53. The molecule has 23 heavy (non-hydrogen) atoms. The van der Waals surface area contributed by atoms with Gasteiger partial charge in [0, 0.05) is 31.1 Å². The predicted molar refractivity (Wildman–Crippen MR) is 88.5 cm³/mol. The van der Waals surface area contributed by atoms with Crippen molar-refractivity contribution in [1.29, 1.82) is 0 Å². The van der Waals surface area contributed by atoms with E-state index in [-0.39, 0.29) is 10.9 Å². The normalized spacial score (nSPS) is 23.2. The molecular weight excluding hydrogens is 317 g/mol. The van der Waals surface area contributed by atoms with Gasteiger partial charge in [0.25, 0.3) is 0 Å². The van der Waals surface area contributed by atoms with Gasteiger partial charge in [-0.2, -0.15) is 0 Å². The molecule has 2 aliphatic rings. The Hall–Kier alpha value is -1.47. The number of amides is 2. The number of rotatable bonds is 3. The summed E-state index contributed by atoms with van der Waals surface area (Å²) in [6, 6.07) is 4.52. The summed E-state index contributed by atoms with van der Waals surface area (Å²) >= 11 is 0. The Morgan fingerprint density at radius 3 is 2.70 bits per heavy atom. The first-order valence-electron chi connectivity index (χ1n) is 7.97. The van der Waals surface area contributed by atoms with Gasteiger partial charge in [-0.1, -0.05) is 0 Å². The number of nitrogens with zero attached hydrogens (tertiary/aromatic N) is 2. The number of halogens is 1. The van der Waals surface area contributed by atoms with Crippen molar-refractivity contribution in [3.05, 3.63) is 24.0 Å². The molecule has 5 nitrogen and oxygen atoms in total. The zero-order valence-electron chi connectivity index (χ0n) is 13.3. The second kappa shape index (κ2) is 6.97. The summed E-state index contributed by atoms with van der Waals surface area (Å²) in [5.41, 5.74) is 0.395. The Morgan fingerprint density at radius 1 is 1.30 bits per heavy atom. The first kappa shape index (κ1) is 16.4. The summed E-state index contributed by atoms with van der Waals surface area (Å²) in [5, 5.41) is 2.73. The van der Waals surface area contributed by atoms with Crippen LogP contribution in [-0.4, -0.2) is 58.5 Å². The number of urea groups is 1. The van der Waals surface area contributed by atoms with E-state index in [1.54, 1.807) is 11.0 Å². The Kier molecular flexibility index (Phi) is 4.96. The van der Waals surface area contributed by atoms with Crippen LogP contribution in [0.3, 0.4) is 0 Å². The van der Waals surface area contributed by atoms with Crippen molar-refractivity contribution in [2.45, 2.75) is 30.2 Å². The van der Waals surface area contributed by atoms with Gasteiger partial charge in [0.05, 0.1) is 15.7 Å². The van der Waals surface area contributed by atoms with Crippen LogP contribution in [0, 0.1) is 5.82 Å². The standard InChI is InChI=1S/C16H22FN3O2S/c1-23(22)15-5-4-12(10-14(15)17)18-16(21)20-9-6-13(11-20)19-7-2-3-8-19/h4-5,10,13H,2-3,6-9,11H2,1H3,(H,18,21)/t13-,23+/m0/s1. The fraction of sp³-hybridized carbons (Fsp3) is 0.562. The van der Waals surface area contributed by atoms with E-state index >= 15 is 0 Å². The number of hydrogen-bond donors (Lipinski definition) is 1. The maximum absolute atomic E-state index is 13.8. The van der Waals surface area contributed by atoms with Crippen molar-refractivity contribution in [1.82, 2.24) is 9.80 Å². The molecule has 0 spiro atoms. The monoisotopic (exact) mass is 339 g/mol. The fourth-order valence-corrected chi connectivity index (χ4v) is 3.94. The van der Waals surface area contributed by atoms with Crippen molar-refractivity contribution in [3.63, 3.8) is 0 Å². The molecule has 1 N–H and O–H groups in total. The van der Waals surface area contributed by atoms with Gasteiger partial charge in [-0.25, -0.2) is 9.18 Å². The number of hydrogen-bond acceptors (Lipinski definition) is 3. The summed E-state index contributed by atoms with van der Waals surface area (Å²) < 4.78 is 25.2. The van der Waals surface area contributed by atoms with Gasteiger partial charge in [0.15, 0.2) is 0 Å². The molecule has 0 aliphatic carbocycles. The molecule has 3 rings (SSSR count). The number of carbonyl (C=O) groups excluding carboxylic acids is 1. The van der Waals surface area contributed by atoms with Gasteiger partial charge < -0.3 is 10.2 Å². The maximum Gasteiger partial charge on any atom is 0.321 e. The van der Waals surface area contributed by atoms with Gasteiger partial charge in [0.2, 0.25) is 0 Å². The number of anilines is 1. The lowest BCUT2D eigenvalue weighted by molar-refractivity contribution is 0.210. The molecular formula is C16H22FN3O2S. The van der Waals surface area contributed by atoms with Gasteiger partial charge in [-0.3, -0.25) is 9.11 Å². The highest BCUT2D eigenvalue weighted by atomic mass is 32.2. The molecule has 7 heteroatoms. The number of benzene rings is 1. The number of carbonyl (C=O) groups is 1. The summed E-state index contributed by atoms with van der Waals surface area (Å²) in [4.78, 5) is 16.7. The van der Waals surface area contributed by atoms with E-state index in [1.807, 2.05) is 0 Å². The first-order chi connectivity index (χ1) is 11.0. The van der Waals surface area contributed by atoms with Crippen LogP contribution in [0.25, 0.3) is 0 Å². The minimum Gasteiger partial charge on any atom is -0.323 e. The molecule has 2 aliphatic heterocycles. The second-order valence-electron chi connectivity index (χ2n) is 6.16. The van der Waals surface area contributed by atoms with Gasteiger partial charge in [-0.05, 0) is 50.6 Å². The molecule has 0 radical (unpaired) electrons. The van der Waals surface area contributed by atoms with E-state index in [4.69, 9.17) is 0 Å². The maximum atomic E-state index is 13.8. The zero-order chi connectivity index (χ0) is 16.4. The molecule has 1 aromatic rings. The Labute approximate surface area is 138 Å². The van der Waals surface area contributed by atoms with E-state index in [9.17, 15) is 13.4 Å². The van der Waals surface area contributed by atoms with E-state index in [2.05, 4.69) is 10.2 Å². The van der Waals surface area contributed by atoms with Gasteiger partial charge in [-0.15, -0.1) is 0 Å². The third-order valence-electron chi connectivity index (χ3n) is 4.60. The molecule has 0 bridgehead atoms. The van der Waals surface area contributed by atoms with Gasteiger partial charge >= 0.3 is 6.03 Å². The fourth-order valence-electron chi connectivity index (χ4n) is 3.35. The molecule has 0 aromatic heterocycles. The third-order valence-corrected chi connectivity index (χ3v) is 5.55. The van der Waals surface area contributed by atoms with E-state index in [1.165, 1.54) is 31.2 Å². The highest BCUT2D eigenvalue weighted by Gasteiger charge is 2.31. The Bertz CT molecular complexity index is 619. The van der Waals surface area contributed by atoms with Crippen LogP contribution in [0.5, 0.6) is 0 Å². The highest BCUT2D eigenvalue weighted by molar-refractivity contribution is 7.84. The van der Waals surface area contributed by atoms with Crippen molar-refractivity contribution < 1.29 is 13.4 Å². The molecule has 2 saturated heterocycles. The van der Waals surface area contributed by atoms with Crippen LogP contribution < -0.4 is 5.32 Å². The van der Waals surface area contributed by atoms with E-state index in [0.29, 0.717) is 11.7 Å². The van der Waals surface area contributed by atoms with Crippen LogP contribution in [0.2, 0.25) is 0 Å². The smallest absolute Gasteiger partial charge is 0.321 e. The minimum absolute atomic E-state index is 0.151. The van der Waals surface area contributed by atoms with Crippen LogP contribution in [0.1, 0.15) is 19.3 Å². The second-order valence-corrected chi connectivity index (χ2v) is 7.51. The summed E-state index contributed by atoms with van der Waals surface area (Å²) in [6.07, 6.45) is 4.91. The van der Waals surface area contributed by atoms with Crippen molar-refractivity contribution >= 4 is 22.5 Å². The van der Waals surface area contributed by atoms with Crippen LogP contribution in [-0.2, 0) is 10.8 Å². The summed E-state index contributed by atoms with van der Waals surface area (Å²) in [7, 11) is -1.37. The number of nitrogens with one attached hydrogen (secondary N) is 1. The molecule has 2 fully saturated rings. The van der Waals surface area contributed by atoms with Gasteiger partial charge in [0.1, 0.15) is 5.82 Å². The Morgan fingerprint density at radius 2 is 2.04 bits per heavy atom. The minimum atomic E-state index is -1.37. The van der Waals surface area contributed by atoms with Crippen LogP contribution in [0.4, 0.5) is 14.9 Å². The average molecular weight is 339 g/mol. The largest absolute Gasteiger partial charge is 0.323 e.